The molecular weight excluding hydrogens is 298 g/mol. The average Bonchev–Trinajstić information content (AvgIpc) is 2.75. The van der Waals surface area contributed by atoms with Crippen LogP contribution in [-0.4, -0.2) is 45.0 Å². The molecule has 0 unspecified atom stereocenters. The highest BCUT2D eigenvalue weighted by molar-refractivity contribution is 6.12. The minimum Gasteiger partial charge on any atom is -0.481 e. The molecule has 1 heterocycles. The van der Waals surface area contributed by atoms with Gasteiger partial charge in [0.1, 0.15) is 0 Å². The molecule has 0 aromatic heterocycles. The lowest BCUT2D eigenvalue weighted by Crippen LogP contribution is -2.31. The number of carbonyl (C=O) groups is 3. The number of rotatable bonds is 9. The molecule has 132 valence electrons. The maximum absolute atomic E-state index is 10.8. The predicted octanol–water partition coefficient (Wildman–Crippen LogP) is 2.50. The van der Waals surface area contributed by atoms with Crippen LogP contribution in [0.4, 0.5) is 0 Å². The van der Waals surface area contributed by atoms with Gasteiger partial charge in [-0.2, -0.15) is 0 Å². The Morgan fingerprint density at radius 1 is 1.09 bits per heavy atom. The molecule has 6 nitrogen and oxygen atoms in total. The molecule has 2 N–H and O–H groups in total. The summed E-state index contributed by atoms with van der Waals surface area (Å²) in [5.74, 6) is -1.91. The summed E-state index contributed by atoms with van der Waals surface area (Å²) >= 11 is 0. The first-order valence-electron chi connectivity index (χ1n) is 8.15. The van der Waals surface area contributed by atoms with E-state index in [1.165, 1.54) is 32.1 Å². The summed E-state index contributed by atoms with van der Waals surface area (Å²) in [5.41, 5.74) is -0.452. The van der Waals surface area contributed by atoms with E-state index in [9.17, 15) is 19.5 Å². The van der Waals surface area contributed by atoms with Gasteiger partial charge in [0.15, 0.2) is 0 Å². The topological polar surface area (TPSA) is 94.9 Å². The molecule has 0 atom stereocenters. The van der Waals surface area contributed by atoms with E-state index in [-0.39, 0.29) is 13.0 Å². The molecule has 0 aromatic carbocycles. The average molecular weight is 327 g/mol. The summed E-state index contributed by atoms with van der Waals surface area (Å²) in [6, 6.07) is 0. The molecule has 0 radical (unpaired) electrons. The van der Waals surface area contributed by atoms with E-state index in [1.54, 1.807) is 0 Å². The third-order valence-corrected chi connectivity index (χ3v) is 3.34. The van der Waals surface area contributed by atoms with Gasteiger partial charge in [0.05, 0.1) is 12.0 Å². The number of carboxylic acids is 1. The maximum Gasteiger partial charge on any atom is 0.305 e. The fourth-order valence-electron chi connectivity index (χ4n) is 2.02. The molecule has 23 heavy (non-hydrogen) atoms. The third kappa shape index (κ3) is 11.5. The van der Waals surface area contributed by atoms with Gasteiger partial charge >= 0.3 is 5.97 Å². The van der Waals surface area contributed by atoms with Gasteiger partial charge in [-0.25, -0.2) is 0 Å². The van der Waals surface area contributed by atoms with E-state index in [0.717, 1.165) is 23.5 Å². The normalized spacial score (nSPS) is 14.0. The van der Waals surface area contributed by atoms with Gasteiger partial charge < -0.3 is 10.2 Å². The minimum atomic E-state index is -1.03. The Morgan fingerprint density at radius 2 is 1.61 bits per heavy atom. The first kappa shape index (κ1) is 21.3. The van der Waals surface area contributed by atoms with E-state index < -0.39 is 23.4 Å². The highest BCUT2D eigenvalue weighted by Crippen LogP contribution is 2.14. The molecule has 0 spiro atoms. The van der Waals surface area contributed by atoms with Gasteiger partial charge in [0.2, 0.25) is 0 Å². The van der Waals surface area contributed by atoms with Gasteiger partial charge in [-0.1, -0.05) is 39.0 Å². The second kappa shape index (κ2) is 10.9. The Hall–Kier alpha value is -1.69. The molecule has 0 fully saturated rings. The zero-order valence-electron chi connectivity index (χ0n) is 14.4. The van der Waals surface area contributed by atoms with Crippen LogP contribution in [0.5, 0.6) is 0 Å². The van der Waals surface area contributed by atoms with Crippen molar-refractivity contribution in [3.05, 3.63) is 12.2 Å². The lowest BCUT2D eigenvalue weighted by Gasteiger charge is -2.16. The number of aliphatic hydroxyl groups is 1. The molecule has 2 amide bonds. The molecule has 0 saturated heterocycles. The lowest BCUT2D eigenvalue weighted by molar-refractivity contribution is -0.140. The summed E-state index contributed by atoms with van der Waals surface area (Å²) in [5, 5.41) is 17.7. The van der Waals surface area contributed by atoms with Crippen molar-refractivity contribution in [1.29, 1.82) is 0 Å². The molecule has 0 aromatic rings. The Balaban J connectivity index is 0.000000423. The van der Waals surface area contributed by atoms with Crippen molar-refractivity contribution >= 4 is 17.8 Å². The third-order valence-electron chi connectivity index (χ3n) is 3.34. The van der Waals surface area contributed by atoms with Crippen LogP contribution in [0, 0.1) is 0 Å². The van der Waals surface area contributed by atoms with Gasteiger partial charge in [-0.15, -0.1) is 0 Å². The Morgan fingerprint density at radius 3 is 2.04 bits per heavy atom. The van der Waals surface area contributed by atoms with E-state index in [4.69, 9.17) is 5.11 Å². The van der Waals surface area contributed by atoms with Crippen molar-refractivity contribution in [3.8, 4) is 0 Å². The van der Waals surface area contributed by atoms with Crippen LogP contribution >= 0.6 is 0 Å². The molecular formula is C17H29NO5. The second-order valence-electron chi connectivity index (χ2n) is 6.28. The van der Waals surface area contributed by atoms with Crippen molar-refractivity contribution in [2.75, 3.05) is 6.54 Å². The fraction of sp³-hybridized carbons (Fsp3) is 0.706. The van der Waals surface area contributed by atoms with Gasteiger partial charge in [0.25, 0.3) is 11.8 Å². The summed E-state index contributed by atoms with van der Waals surface area (Å²) < 4.78 is 0. The monoisotopic (exact) mass is 327 g/mol. The Labute approximate surface area is 138 Å². The number of hydrogen-bond donors (Lipinski definition) is 2. The minimum absolute atomic E-state index is 0.0556. The van der Waals surface area contributed by atoms with Crippen molar-refractivity contribution in [1.82, 2.24) is 4.90 Å². The largest absolute Gasteiger partial charge is 0.481 e. The maximum atomic E-state index is 10.8. The number of nitrogens with zero attached hydrogens (tertiary/aromatic N) is 1. The van der Waals surface area contributed by atoms with Crippen LogP contribution in [0.1, 0.15) is 65.7 Å². The van der Waals surface area contributed by atoms with Crippen molar-refractivity contribution in [2.45, 2.75) is 71.3 Å². The molecule has 6 heteroatoms. The molecule has 0 aliphatic carbocycles. The Bertz CT molecular complexity index is 405. The van der Waals surface area contributed by atoms with Crippen molar-refractivity contribution in [2.24, 2.45) is 0 Å². The number of carboxylic acid groups (broad SMARTS) is 1. The summed E-state index contributed by atoms with van der Waals surface area (Å²) in [6.07, 6.45) is 9.40. The quantitative estimate of drug-likeness (QED) is 0.501. The Kier molecular flexibility index (Phi) is 10.1. The highest BCUT2D eigenvalue weighted by Gasteiger charge is 2.23. The van der Waals surface area contributed by atoms with Gasteiger partial charge in [-0.3, -0.25) is 19.3 Å². The first-order valence-corrected chi connectivity index (χ1v) is 8.15. The van der Waals surface area contributed by atoms with Crippen molar-refractivity contribution < 1.29 is 24.6 Å². The van der Waals surface area contributed by atoms with Gasteiger partial charge in [0, 0.05) is 18.7 Å². The number of unbranched alkanes of at least 4 members (excludes halogenated alkanes) is 4. The van der Waals surface area contributed by atoms with E-state index in [1.807, 2.05) is 13.8 Å². The SMILES string of the molecule is CCCCCCCC(C)(C)O.O=C(O)CCN1C(=O)C=CC1=O. The van der Waals surface area contributed by atoms with Gasteiger partial charge in [-0.05, 0) is 20.3 Å². The summed E-state index contributed by atoms with van der Waals surface area (Å²) in [7, 11) is 0. The summed E-state index contributed by atoms with van der Waals surface area (Å²) in [4.78, 5) is 32.6. The second-order valence-corrected chi connectivity index (χ2v) is 6.28. The predicted molar refractivity (Wildman–Crippen MR) is 87.8 cm³/mol. The number of imide groups is 1. The zero-order chi connectivity index (χ0) is 17.9. The van der Waals surface area contributed by atoms with Crippen LogP contribution in [0.3, 0.4) is 0 Å². The highest BCUT2D eigenvalue weighted by atomic mass is 16.4. The lowest BCUT2D eigenvalue weighted by atomic mass is 10.0. The summed E-state index contributed by atoms with van der Waals surface area (Å²) in [6.45, 7) is 5.93. The van der Waals surface area contributed by atoms with E-state index in [0.29, 0.717) is 0 Å². The number of aliphatic carboxylic acids is 1. The van der Waals surface area contributed by atoms with Crippen LogP contribution in [0.15, 0.2) is 12.2 Å². The zero-order valence-corrected chi connectivity index (χ0v) is 14.4. The van der Waals surface area contributed by atoms with E-state index in [2.05, 4.69) is 6.92 Å². The molecule has 0 bridgehead atoms. The van der Waals surface area contributed by atoms with Crippen molar-refractivity contribution in [3.63, 3.8) is 0 Å². The molecule has 0 saturated carbocycles. The van der Waals surface area contributed by atoms with E-state index >= 15 is 0 Å². The smallest absolute Gasteiger partial charge is 0.305 e. The van der Waals surface area contributed by atoms with Crippen LogP contribution < -0.4 is 0 Å². The van der Waals surface area contributed by atoms with Crippen LogP contribution in [-0.2, 0) is 14.4 Å². The first-order chi connectivity index (χ1) is 10.7. The van der Waals surface area contributed by atoms with Crippen LogP contribution in [0.25, 0.3) is 0 Å². The van der Waals surface area contributed by atoms with Crippen LogP contribution in [0.2, 0.25) is 0 Å². The molecule has 1 aliphatic rings. The standard InChI is InChI=1S/C10H22O.C7H7NO4/c1-4-5-6-7-8-9-10(2,3)11;9-5-1-2-6(10)8(5)4-3-7(11)12/h11H,4-9H2,1-3H3;1-2H,3-4H2,(H,11,12). The molecule has 1 rings (SSSR count). The number of carbonyl (C=O) groups excluding carboxylic acids is 2. The fourth-order valence-corrected chi connectivity index (χ4v) is 2.02. The molecule has 1 aliphatic heterocycles. The number of hydrogen-bond acceptors (Lipinski definition) is 4. The number of amides is 2.